The van der Waals surface area contributed by atoms with Gasteiger partial charge in [0.05, 0.1) is 18.2 Å². The number of benzene rings is 1. The Hall–Kier alpha value is -0.860. The fourth-order valence-corrected chi connectivity index (χ4v) is 2.40. The van der Waals surface area contributed by atoms with Crippen LogP contribution in [0.2, 0.25) is 0 Å². The van der Waals surface area contributed by atoms with Crippen LogP contribution in [0.3, 0.4) is 0 Å². The summed E-state index contributed by atoms with van der Waals surface area (Å²) >= 11 is 0. The molecule has 2 heteroatoms. The van der Waals surface area contributed by atoms with Crippen LogP contribution in [0, 0.1) is 0 Å². The van der Waals surface area contributed by atoms with E-state index in [1.807, 2.05) is 0 Å². The summed E-state index contributed by atoms with van der Waals surface area (Å²) in [7, 11) is 0. The quantitative estimate of drug-likeness (QED) is 0.793. The Morgan fingerprint density at radius 1 is 1.28 bits per heavy atom. The molecule has 0 amide bonds. The van der Waals surface area contributed by atoms with Crippen molar-refractivity contribution in [1.29, 1.82) is 0 Å². The van der Waals surface area contributed by atoms with Crippen LogP contribution in [0.4, 0.5) is 0 Å². The van der Waals surface area contributed by atoms with Gasteiger partial charge in [0.15, 0.2) is 0 Å². The molecule has 0 saturated heterocycles. The van der Waals surface area contributed by atoms with Crippen molar-refractivity contribution < 1.29 is 4.74 Å². The van der Waals surface area contributed by atoms with Gasteiger partial charge in [-0.05, 0) is 44.7 Å². The van der Waals surface area contributed by atoms with Crippen molar-refractivity contribution in [1.82, 2.24) is 5.32 Å². The maximum atomic E-state index is 6.14. The summed E-state index contributed by atoms with van der Waals surface area (Å²) in [5.74, 6) is 0. The Kier molecular flexibility index (Phi) is 5.21. The molecule has 1 aliphatic rings. The molecule has 2 unspecified atom stereocenters. The van der Waals surface area contributed by atoms with Crippen molar-refractivity contribution in [2.75, 3.05) is 6.54 Å². The summed E-state index contributed by atoms with van der Waals surface area (Å²) in [4.78, 5) is 0. The molecule has 2 rings (SSSR count). The van der Waals surface area contributed by atoms with Crippen molar-refractivity contribution in [3.05, 3.63) is 35.9 Å². The first kappa shape index (κ1) is 13.6. The molecule has 2 atom stereocenters. The molecule has 1 fully saturated rings. The van der Waals surface area contributed by atoms with Gasteiger partial charge in [0, 0.05) is 0 Å². The minimum absolute atomic E-state index is 0.240. The molecule has 2 nitrogen and oxygen atoms in total. The van der Waals surface area contributed by atoms with Gasteiger partial charge < -0.3 is 10.1 Å². The number of ether oxygens (including phenoxy) is 1. The van der Waals surface area contributed by atoms with Gasteiger partial charge in [-0.25, -0.2) is 0 Å². The first-order valence-corrected chi connectivity index (χ1v) is 7.25. The van der Waals surface area contributed by atoms with Crippen molar-refractivity contribution >= 4 is 0 Å². The number of rotatable bonds is 7. The average Bonchev–Trinajstić information content (AvgIpc) is 2.36. The summed E-state index contributed by atoms with van der Waals surface area (Å²) < 4.78 is 6.14. The van der Waals surface area contributed by atoms with Crippen molar-refractivity contribution in [3.63, 3.8) is 0 Å². The Morgan fingerprint density at radius 2 is 2.00 bits per heavy atom. The highest BCUT2D eigenvalue weighted by atomic mass is 16.5. The SMILES string of the molecule is CCCNC(c1ccccc1)C(C)OC1CCC1. The predicted molar refractivity (Wildman–Crippen MR) is 75.7 cm³/mol. The summed E-state index contributed by atoms with van der Waals surface area (Å²) in [6, 6.07) is 11.0. The zero-order chi connectivity index (χ0) is 12.8. The fraction of sp³-hybridized carbons (Fsp3) is 0.625. The lowest BCUT2D eigenvalue weighted by Gasteiger charge is -2.33. The number of hydrogen-bond donors (Lipinski definition) is 1. The third-order valence-electron chi connectivity index (χ3n) is 3.70. The van der Waals surface area contributed by atoms with Crippen LogP contribution in [0.25, 0.3) is 0 Å². The molecule has 0 spiro atoms. The Bertz CT molecular complexity index is 334. The number of nitrogens with one attached hydrogen (secondary N) is 1. The summed E-state index contributed by atoms with van der Waals surface area (Å²) in [6.45, 7) is 5.43. The van der Waals surface area contributed by atoms with Crippen molar-refractivity contribution in [2.45, 2.75) is 57.8 Å². The van der Waals surface area contributed by atoms with Gasteiger partial charge in [-0.2, -0.15) is 0 Å². The van der Waals surface area contributed by atoms with E-state index in [1.165, 1.54) is 24.8 Å². The molecule has 0 aromatic heterocycles. The van der Waals surface area contributed by atoms with Gasteiger partial charge in [0.1, 0.15) is 0 Å². The average molecular weight is 247 g/mol. The topological polar surface area (TPSA) is 21.3 Å². The van der Waals surface area contributed by atoms with Crippen LogP contribution in [0.5, 0.6) is 0 Å². The van der Waals surface area contributed by atoms with Crippen LogP contribution in [0.1, 0.15) is 51.1 Å². The lowest BCUT2D eigenvalue weighted by Crippen LogP contribution is -2.36. The minimum Gasteiger partial charge on any atom is -0.373 e. The molecule has 0 heterocycles. The van der Waals surface area contributed by atoms with Crippen molar-refractivity contribution in [2.24, 2.45) is 0 Å². The third-order valence-corrected chi connectivity index (χ3v) is 3.70. The van der Waals surface area contributed by atoms with E-state index in [2.05, 4.69) is 49.5 Å². The highest BCUT2D eigenvalue weighted by Gasteiger charge is 2.25. The lowest BCUT2D eigenvalue weighted by atomic mass is 9.95. The number of hydrogen-bond acceptors (Lipinski definition) is 2. The molecule has 18 heavy (non-hydrogen) atoms. The molecule has 1 aromatic carbocycles. The molecule has 100 valence electrons. The van der Waals surface area contributed by atoms with E-state index in [9.17, 15) is 0 Å². The summed E-state index contributed by atoms with van der Waals surface area (Å²) in [5, 5.41) is 3.61. The van der Waals surface area contributed by atoms with E-state index < -0.39 is 0 Å². The van der Waals surface area contributed by atoms with Gasteiger partial charge in [-0.15, -0.1) is 0 Å². The highest BCUT2D eigenvalue weighted by molar-refractivity contribution is 5.20. The standard InChI is InChI=1S/C16H25NO/c1-3-12-17-16(14-8-5-4-6-9-14)13(2)18-15-10-7-11-15/h4-6,8-9,13,15-17H,3,7,10-12H2,1-2H3. The van der Waals surface area contributed by atoms with Gasteiger partial charge in [-0.1, -0.05) is 37.3 Å². The summed E-state index contributed by atoms with van der Waals surface area (Å²) in [6.07, 6.45) is 5.69. The van der Waals surface area contributed by atoms with Gasteiger partial charge in [-0.3, -0.25) is 0 Å². The Balaban J connectivity index is 1.98. The van der Waals surface area contributed by atoms with Crippen LogP contribution >= 0.6 is 0 Å². The predicted octanol–water partition coefficient (Wildman–Crippen LogP) is 3.68. The van der Waals surface area contributed by atoms with E-state index in [0.717, 1.165) is 13.0 Å². The molecule has 0 aliphatic heterocycles. The van der Waals surface area contributed by atoms with E-state index in [4.69, 9.17) is 4.74 Å². The maximum Gasteiger partial charge on any atom is 0.0745 e. The first-order chi connectivity index (χ1) is 8.81. The second-order valence-corrected chi connectivity index (χ2v) is 5.24. The fourth-order valence-electron chi connectivity index (χ4n) is 2.40. The van der Waals surface area contributed by atoms with E-state index >= 15 is 0 Å². The van der Waals surface area contributed by atoms with Gasteiger partial charge in [0.25, 0.3) is 0 Å². The minimum atomic E-state index is 0.240. The molecule has 1 N–H and O–H groups in total. The van der Waals surface area contributed by atoms with Crippen LogP contribution in [-0.4, -0.2) is 18.8 Å². The third kappa shape index (κ3) is 3.56. The maximum absolute atomic E-state index is 6.14. The first-order valence-electron chi connectivity index (χ1n) is 7.25. The summed E-state index contributed by atoms with van der Waals surface area (Å²) in [5.41, 5.74) is 1.33. The molecular formula is C16H25NO. The van der Waals surface area contributed by atoms with E-state index in [1.54, 1.807) is 0 Å². The molecule has 1 aromatic rings. The van der Waals surface area contributed by atoms with Crippen LogP contribution in [-0.2, 0) is 4.74 Å². The second-order valence-electron chi connectivity index (χ2n) is 5.24. The largest absolute Gasteiger partial charge is 0.373 e. The van der Waals surface area contributed by atoms with E-state index in [-0.39, 0.29) is 6.10 Å². The zero-order valence-corrected chi connectivity index (χ0v) is 11.6. The Morgan fingerprint density at radius 3 is 2.56 bits per heavy atom. The lowest BCUT2D eigenvalue weighted by molar-refractivity contribution is -0.0582. The second kappa shape index (κ2) is 6.91. The van der Waals surface area contributed by atoms with Crippen molar-refractivity contribution in [3.8, 4) is 0 Å². The molecule has 0 radical (unpaired) electrons. The normalized spacial score (nSPS) is 19.2. The molecule has 1 aliphatic carbocycles. The monoisotopic (exact) mass is 247 g/mol. The van der Waals surface area contributed by atoms with Gasteiger partial charge in [0.2, 0.25) is 0 Å². The van der Waals surface area contributed by atoms with Crippen LogP contribution < -0.4 is 5.32 Å². The molecular weight excluding hydrogens is 222 g/mol. The smallest absolute Gasteiger partial charge is 0.0745 e. The molecule has 0 bridgehead atoms. The zero-order valence-electron chi connectivity index (χ0n) is 11.6. The molecule has 1 saturated carbocycles. The van der Waals surface area contributed by atoms with Gasteiger partial charge >= 0.3 is 0 Å². The van der Waals surface area contributed by atoms with E-state index in [0.29, 0.717) is 12.1 Å². The van der Waals surface area contributed by atoms with Crippen LogP contribution in [0.15, 0.2) is 30.3 Å². The highest BCUT2D eigenvalue weighted by Crippen LogP contribution is 2.27. The Labute approximate surface area is 111 Å².